The van der Waals surface area contributed by atoms with Gasteiger partial charge in [0.1, 0.15) is 16.5 Å². The molecular weight excluding hydrogens is 280 g/mol. The van der Waals surface area contributed by atoms with Gasteiger partial charge in [-0.25, -0.2) is 17.2 Å². The lowest BCUT2D eigenvalue weighted by molar-refractivity contribution is -0.141. The summed E-state index contributed by atoms with van der Waals surface area (Å²) in [5.74, 6) is -3.93. The SMILES string of the molecule is O=C(O)[C@H]1CCN(S(=O)(=O)c2ccc(F)cc2F)C1. The van der Waals surface area contributed by atoms with E-state index in [4.69, 9.17) is 5.11 Å². The van der Waals surface area contributed by atoms with Gasteiger partial charge in [0.25, 0.3) is 0 Å². The van der Waals surface area contributed by atoms with Gasteiger partial charge >= 0.3 is 5.97 Å². The van der Waals surface area contributed by atoms with Gasteiger partial charge in [0, 0.05) is 19.2 Å². The summed E-state index contributed by atoms with van der Waals surface area (Å²) >= 11 is 0. The highest BCUT2D eigenvalue weighted by molar-refractivity contribution is 7.89. The van der Waals surface area contributed by atoms with E-state index in [1.165, 1.54) is 0 Å². The number of benzene rings is 1. The molecular formula is C11H11F2NO4S. The molecule has 19 heavy (non-hydrogen) atoms. The lowest BCUT2D eigenvalue weighted by atomic mass is 10.1. The van der Waals surface area contributed by atoms with Crippen LogP contribution in [0.15, 0.2) is 23.1 Å². The Labute approximate surface area is 108 Å². The Morgan fingerprint density at radius 3 is 2.58 bits per heavy atom. The Balaban J connectivity index is 2.31. The molecule has 104 valence electrons. The standard InChI is InChI=1S/C11H11F2NO4S/c12-8-1-2-10(9(13)5-8)19(17,18)14-4-3-7(6-14)11(15)16/h1-2,5,7H,3-4,6H2,(H,15,16)/t7-/m0/s1. The predicted molar refractivity (Wildman–Crippen MR) is 60.9 cm³/mol. The smallest absolute Gasteiger partial charge is 0.307 e. The summed E-state index contributed by atoms with van der Waals surface area (Å²) in [6.07, 6.45) is 0.178. The summed E-state index contributed by atoms with van der Waals surface area (Å²) in [7, 11) is -4.12. The summed E-state index contributed by atoms with van der Waals surface area (Å²) in [6.45, 7) is -0.190. The van der Waals surface area contributed by atoms with Crippen molar-refractivity contribution in [2.75, 3.05) is 13.1 Å². The van der Waals surface area contributed by atoms with Gasteiger partial charge in [-0.2, -0.15) is 4.31 Å². The predicted octanol–water partition coefficient (Wildman–Crippen LogP) is 1.06. The molecule has 1 N–H and O–H groups in total. The van der Waals surface area contributed by atoms with Crippen LogP contribution in [-0.4, -0.2) is 36.9 Å². The number of carbonyl (C=O) groups is 1. The van der Waals surface area contributed by atoms with Crippen molar-refractivity contribution in [1.29, 1.82) is 0 Å². The largest absolute Gasteiger partial charge is 0.481 e. The van der Waals surface area contributed by atoms with Crippen molar-refractivity contribution in [3.8, 4) is 0 Å². The fraction of sp³-hybridized carbons (Fsp3) is 0.364. The van der Waals surface area contributed by atoms with E-state index >= 15 is 0 Å². The number of hydrogen-bond acceptors (Lipinski definition) is 3. The van der Waals surface area contributed by atoms with E-state index in [-0.39, 0.29) is 19.5 Å². The van der Waals surface area contributed by atoms with E-state index in [2.05, 4.69) is 0 Å². The summed E-state index contributed by atoms with van der Waals surface area (Å²) in [4.78, 5) is 10.1. The molecule has 0 bridgehead atoms. The summed E-state index contributed by atoms with van der Waals surface area (Å²) in [5.41, 5.74) is 0. The van der Waals surface area contributed by atoms with Crippen LogP contribution >= 0.6 is 0 Å². The number of rotatable bonds is 3. The first-order chi connectivity index (χ1) is 8.82. The molecule has 0 radical (unpaired) electrons. The van der Waals surface area contributed by atoms with Crippen LogP contribution in [0.4, 0.5) is 8.78 Å². The van der Waals surface area contributed by atoms with Crippen molar-refractivity contribution in [2.45, 2.75) is 11.3 Å². The molecule has 1 fully saturated rings. The summed E-state index contributed by atoms with van der Waals surface area (Å²) < 4.78 is 51.4. The molecule has 1 atom stereocenters. The Kier molecular flexibility index (Phi) is 3.55. The zero-order valence-corrected chi connectivity index (χ0v) is 10.5. The Hall–Kier alpha value is -1.54. The lowest BCUT2D eigenvalue weighted by Crippen LogP contribution is -2.30. The maximum Gasteiger partial charge on any atom is 0.307 e. The molecule has 1 aromatic carbocycles. The van der Waals surface area contributed by atoms with E-state index in [1.54, 1.807) is 0 Å². The molecule has 0 amide bonds. The first-order valence-corrected chi connectivity index (χ1v) is 6.94. The van der Waals surface area contributed by atoms with E-state index in [0.29, 0.717) is 6.07 Å². The zero-order chi connectivity index (χ0) is 14.2. The quantitative estimate of drug-likeness (QED) is 0.903. The highest BCUT2D eigenvalue weighted by Crippen LogP contribution is 2.26. The maximum atomic E-state index is 13.5. The van der Waals surface area contributed by atoms with Gasteiger partial charge in [0.15, 0.2) is 0 Å². The van der Waals surface area contributed by atoms with Crippen molar-refractivity contribution < 1.29 is 27.1 Å². The minimum Gasteiger partial charge on any atom is -0.481 e. The van der Waals surface area contributed by atoms with Crippen LogP contribution in [0.25, 0.3) is 0 Å². The Bertz CT molecular complexity index is 617. The average molecular weight is 291 g/mol. The molecule has 1 aromatic rings. The fourth-order valence-corrected chi connectivity index (χ4v) is 3.52. The van der Waals surface area contributed by atoms with Crippen molar-refractivity contribution in [3.05, 3.63) is 29.8 Å². The Morgan fingerprint density at radius 1 is 1.37 bits per heavy atom. The fourth-order valence-electron chi connectivity index (χ4n) is 1.97. The number of carboxylic acid groups (broad SMARTS) is 1. The topological polar surface area (TPSA) is 74.7 Å². The zero-order valence-electron chi connectivity index (χ0n) is 9.71. The molecule has 5 nitrogen and oxygen atoms in total. The number of hydrogen-bond donors (Lipinski definition) is 1. The van der Waals surface area contributed by atoms with Crippen molar-refractivity contribution in [1.82, 2.24) is 4.31 Å². The van der Waals surface area contributed by atoms with E-state index in [9.17, 15) is 22.0 Å². The number of halogens is 2. The van der Waals surface area contributed by atoms with Gasteiger partial charge in [-0.05, 0) is 18.6 Å². The van der Waals surface area contributed by atoms with Gasteiger partial charge in [0.2, 0.25) is 10.0 Å². The van der Waals surface area contributed by atoms with Gasteiger partial charge in [-0.15, -0.1) is 0 Å². The molecule has 1 saturated heterocycles. The van der Waals surface area contributed by atoms with Crippen LogP contribution < -0.4 is 0 Å². The average Bonchev–Trinajstić information content (AvgIpc) is 2.78. The second kappa shape index (κ2) is 4.86. The third-order valence-electron chi connectivity index (χ3n) is 3.01. The summed E-state index contributed by atoms with van der Waals surface area (Å²) in [6, 6.07) is 2.17. The molecule has 0 aromatic heterocycles. The first-order valence-electron chi connectivity index (χ1n) is 5.50. The van der Waals surface area contributed by atoms with E-state index in [0.717, 1.165) is 16.4 Å². The molecule has 0 spiro atoms. The van der Waals surface area contributed by atoms with E-state index < -0.39 is 38.4 Å². The maximum absolute atomic E-state index is 13.5. The monoisotopic (exact) mass is 291 g/mol. The third kappa shape index (κ3) is 2.59. The molecule has 2 rings (SSSR count). The van der Waals surface area contributed by atoms with Crippen molar-refractivity contribution >= 4 is 16.0 Å². The van der Waals surface area contributed by atoms with Gasteiger partial charge in [-0.1, -0.05) is 0 Å². The highest BCUT2D eigenvalue weighted by Gasteiger charge is 2.36. The van der Waals surface area contributed by atoms with Crippen LogP contribution in [0.1, 0.15) is 6.42 Å². The molecule has 1 heterocycles. The summed E-state index contributed by atoms with van der Waals surface area (Å²) in [5, 5.41) is 8.81. The van der Waals surface area contributed by atoms with Gasteiger partial charge in [0.05, 0.1) is 5.92 Å². The molecule has 8 heteroatoms. The number of sulfonamides is 1. The van der Waals surface area contributed by atoms with E-state index in [1.807, 2.05) is 0 Å². The molecule has 0 unspecified atom stereocenters. The van der Waals surface area contributed by atoms with Crippen molar-refractivity contribution in [3.63, 3.8) is 0 Å². The first kappa shape index (κ1) is 13.9. The highest BCUT2D eigenvalue weighted by atomic mass is 32.2. The Morgan fingerprint density at radius 2 is 2.05 bits per heavy atom. The van der Waals surface area contributed by atoms with Crippen LogP contribution in [0, 0.1) is 17.6 Å². The number of nitrogens with zero attached hydrogens (tertiary/aromatic N) is 1. The van der Waals surface area contributed by atoms with Crippen LogP contribution in [0.3, 0.4) is 0 Å². The number of carboxylic acids is 1. The van der Waals surface area contributed by atoms with Crippen LogP contribution in [0.2, 0.25) is 0 Å². The normalized spacial score (nSPS) is 20.6. The third-order valence-corrected chi connectivity index (χ3v) is 4.91. The molecule has 0 saturated carbocycles. The lowest BCUT2D eigenvalue weighted by Gasteiger charge is -2.16. The second-order valence-electron chi connectivity index (χ2n) is 4.26. The minimum absolute atomic E-state index is 0.0100. The second-order valence-corrected chi connectivity index (χ2v) is 6.17. The van der Waals surface area contributed by atoms with Gasteiger partial charge in [-0.3, -0.25) is 4.79 Å². The van der Waals surface area contributed by atoms with Crippen molar-refractivity contribution in [2.24, 2.45) is 5.92 Å². The van der Waals surface area contributed by atoms with Gasteiger partial charge < -0.3 is 5.11 Å². The molecule has 0 aliphatic carbocycles. The van der Waals surface area contributed by atoms with Crippen LogP contribution in [-0.2, 0) is 14.8 Å². The minimum atomic E-state index is -4.12. The van der Waals surface area contributed by atoms with Crippen LogP contribution in [0.5, 0.6) is 0 Å². The molecule has 1 aliphatic rings. The number of aliphatic carboxylic acids is 1. The molecule has 1 aliphatic heterocycles.